The summed E-state index contributed by atoms with van der Waals surface area (Å²) < 4.78 is 13.3. The first-order chi connectivity index (χ1) is 7.34. The van der Waals surface area contributed by atoms with E-state index < -0.39 is 0 Å². The normalized spacial score (nSPS) is 11.0. The van der Waals surface area contributed by atoms with Crippen LogP contribution in [0.1, 0.15) is 0 Å². The van der Waals surface area contributed by atoms with Crippen LogP contribution in [0.2, 0.25) is 0 Å². The number of aromatic nitrogens is 4. The van der Waals surface area contributed by atoms with Gasteiger partial charge in [-0.1, -0.05) is 6.07 Å². The molecule has 0 saturated carbocycles. The molecule has 0 atom stereocenters. The van der Waals surface area contributed by atoms with Crippen LogP contribution < -0.4 is 0 Å². The number of benzene rings is 1. The van der Waals surface area contributed by atoms with Crippen LogP contribution in [0.5, 0.6) is 0 Å². The fourth-order valence-electron chi connectivity index (χ4n) is 1.51. The zero-order valence-electron chi connectivity index (χ0n) is 7.66. The van der Waals surface area contributed by atoms with Gasteiger partial charge in [-0.15, -0.1) is 0 Å². The van der Waals surface area contributed by atoms with E-state index in [2.05, 4.69) is 20.2 Å². The summed E-state index contributed by atoms with van der Waals surface area (Å²) >= 11 is 0. The summed E-state index contributed by atoms with van der Waals surface area (Å²) in [6, 6.07) is 6.59. The van der Waals surface area contributed by atoms with E-state index in [0.717, 1.165) is 5.69 Å². The van der Waals surface area contributed by atoms with Crippen LogP contribution in [-0.4, -0.2) is 20.2 Å². The van der Waals surface area contributed by atoms with Gasteiger partial charge in [0.25, 0.3) is 0 Å². The topological polar surface area (TPSA) is 57.4 Å². The molecule has 3 aromatic rings. The Bertz CT molecular complexity index is 597. The van der Waals surface area contributed by atoms with Crippen LogP contribution in [0.25, 0.3) is 22.6 Å². The van der Waals surface area contributed by atoms with Crippen LogP contribution >= 0.6 is 0 Å². The van der Waals surface area contributed by atoms with E-state index >= 15 is 0 Å². The smallest absolute Gasteiger partial charge is 0.156 e. The number of imidazole rings is 1. The number of halogens is 1. The highest BCUT2D eigenvalue weighted by molar-refractivity contribution is 5.79. The Hall–Kier alpha value is -2.17. The minimum atomic E-state index is -0.325. The molecule has 0 spiro atoms. The molecule has 2 N–H and O–H groups in total. The van der Waals surface area contributed by atoms with Crippen molar-refractivity contribution in [1.82, 2.24) is 20.2 Å². The quantitative estimate of drug-likeness (QED) is 0.634. The number of rotatable bonds is 1. The lowest BCUT2D eigenvalue weighted by atomic mass is 10.3. The van der Waals surface area contributed by atoms with Crippen LogP contribution in [0.3, 0.4) is 0 Å². The van der Waals surface area contributed by atoms with Crippen LogP contribution in [0, 0.1) is 5.82 Å². The van der Waals surface area contributed by atoms with Gasteiger partial charge < -0.3 is 4.98 Å². The van der Waals surface area contributed by atoms with Gasteiger partial charge in [-0.25, -0.2) is 9.37 Å². The molecule has 2 aromatic heterocycles. The maximum absolute atomic E-state index is 13.3. The number of H-pyrrole nitrogens is 2. The molecular weight excluding hydrogens is 195 g/mol. The maximum Gasteiger partial charge on any atom is 0.156 e. The molecule has 0 bridgehead atoms. The minimum absolute atomic E-state index is 0.325. The average Bonchev–Trinajstić information content (AvgIpc) is 2.86. The summed E-state index contributed by atoms with van der Waals surface area (Å²) in [7, 11) is 0. The standard InChI is InChI=1S/C10H7FN4/c11-6-2-1-3-7-9(6)14-10(13-7)8-4-5-12-15-8/h1-5H,(H,12,15)(H,13,14). The molecule has 74 valence electrons. The zero-order chi connectivity index (χ0) is 10.3. The van der Waals surface area contributed by atoms with E-state index in [4.69, 9.17) is 0 Å². The van der Waals surface area contributed by atoms with E-state index in [1.165, 1.54) is 6.07 Å². The number of aromatic amines is 2. The van der Waals surface area contributed by atoms with Crippen LogP contribution in [0.4, 0.5) is 4.39 Å². The lowest BCUT2D eigenvalue weighted by Crippen LogP contribution is -1.79. The van der Waals surface area contributed by atoms with E-state index in [1.807, 2.05) is 0 Å². The van der Waals surface area contributed by atoms with Gasteiger partial charge >= 0.3 is 0 Å². The first-order valence-corrected chi connectivity index (χ1v) is 4.48. The predicted molar refractivity (Wildman–Crippen MR) is 53.6 cm³/mol. The molecule has 0 aliphatic carbocycles. The molecule has 0 unspecified atom stereocenters. The van der Waals surface area contributed by atoms with Gasteiger partial charge in [0.1, 0.15) is 11.2 Å². The monoisotopic (exact) mass is 202 g/mol. The highest BCUT2D eigenvalue weighted by atomic mass is 19.1. The molecule has 0 aliphatic heterocycles. The minimum Gasteiger partial charge on any atom is -0.337 e. The second kappa shape index (κ2) is 2.91. The van der Waals surface area contributed by atoms with Crippen molar-refractivity contribution in [2.45, 2.75) is 0 Å². The predicted octanol–water partition coefficient (Wildman–Crippen LogP) is 2.09. The third-order valence-corrected chi connectivity index (χ3v) is 2.22. The van der Waals surface area contributed by atoms with Gasteiger partial charge in [-0.3, -0.25) is 5.10 Å². The molecule has 2 heterocycles. The molecule has 0 radical (unpaired) electrons. The Balaban J connectivity index is 2.27. The Morgan fingerprint density at radius 1 is 1.20 bits per heavy atom. The largest absolute Gasteiger partial charge is 0.337 e. The summed E-state index contributed by atoms with van der Waals surface area (Å²) in [6.07, 6.45) is 1.62. The Morgan fingerprint density at radius 3 is 2.87 bits per heavy atom. The van der Waals surface area contributed by atoms with Gasteiger partial charge in [0.2, 0.25) is 0 Å². The van der Waals surface area contributed by atoms with Crippen molar-refractivity contribution < 1.29 is 4.39 Å². The Kier molecular flexibility index (Phi) is 1.58. The summed E-state index contributed by atoms with van der Waals surface area (Å²) in [5.74, 6) is 0.266. The Morgan fingerprint density at radius 2 is 2.13 bits per heavy atom. The number of hydrogen-bond acceptors (Lipinski definition) is 2. The van der Waals surface area contributed by atoms with Gasteiger partial charge in [0.15, 0.2) is 11.6 Å². The van der Waals surface area contributed by atoms with E-state index in [1.54, 1.807) is 24.4 Å². The lowest BCUT2D eigenvalue weighted by molar-refractivity contribution is 0.637. The highest BCUT2D eigenvalue weighted by Crippen LogP contribution is 2.19. The fraction of sp³-hybridized carbons (Fsp3) is 0. The first kappa shape index (κ1) is 8.16. The van der Waals surface area contributed by atoms with Crippen LogP contribution in [0.15, 0.2) is 30.5 Å². The van der Waals surface area contributed by atoms with E-state index in [0.29, 0.717) is 16.9 Å². The molecular formula is C10H7FN4. The van der Waals surface area contributed by atoms with Crippen molar-refractivity contribution in [3.8, 4) is 11.5 Å². The molecule has 4 nitrogen and oxygen atoms in total. The zero-order valence-corrected chi connectivity index (χ0v) is 7.66. The Labute approximate surface area is 84.2 Å². The average molecular weight is 202 g/mol. The highest BCUT2D eigenvalue weighted by Gasteiger charge is 2.08. The number of nitrogens with one attached hydrogen (secondary N) is 2. The van der Waals surface area contributed by atoms with Gasteiger partial charge in [0, 0.05) is 6.20 Å². The fourth-order valence-corrected chi connectivity index (χ4v) is 1.51. The maximum atomic E-state index is 13.3. The molecule has 1 aromatic carbocycles. The first-order valence-electron chi connectivity index (χ1n) is 4.48. The number of para-hydroxylation sites is 1. The number of fused-ring (bicyclic) bond motifs is 1. The van der Waals surface area contributed by atoms with Crippen molar-refractivity contribution in [1.29, 1.82) is 0 Å². The summed E-state index contributed by atoms with van der Waals surface area (Å²) in [6.45, 7) is 0. The molecule has 0 fully saturated rings. The van der Waals surface area contributed by atoms with Crippen LogP contribution in [-0.2, 0) is 0 Å². The summed E-state index contributed by atoms with van der Waals surface area (Å²) in [5, 5.41) is 6.58. The van der Waals surface area contributed by atoms with Crippen molar-refractivity contribution >= 4 is 11.0 Å². The second-order valence-corrected chi connectivity index (χ2v) is 3.19. The number of hydrogen-bond donors (Lipinski definition) is 2. The SMILES string of the molecule is Fc1cccc2[nH]c(-c3ccn[nH]3)nc12. The lowest BCUT2D eigenvalue weighted by Gasteiger charge is -1.86. The second-order valence-electron chi connectivity index (χ2n) is 3.19. The molecule has 0 amide bonds. The van der Waals surface area contributed by atoms with Gasteiger partial charge in [0.05, 0.1) is 5.52 Å². The molecule has 0 aliphatic rings. The van der Waals surface area contributed by atoms with Gasteiger partial charge in [-0.2, -0.15) is 5.10 Å². The third kappa shape index (κ3) is 1.20. The molecule has 0 saturated heterocycles. The summed E-state index contributed by atoms with van der Waals surface area (Å²) in [4.78, 5) is 7.17. The molecule has 5 heteroatoms. The summed E-state index contributed by atoms with van der Waals surface area (Å²) in [5.41, 5.74) is 1.77. The van der Waals surface area contributed by atoms with Crippen molar-refractivity contribution in [3.05, 3.63) is 36.3 Å². The van der Waals surface area contributed by atoms with Crippen molar-refractivity contribution in [2.24, 2.45) is 0 Å². The van der Waals surface area contributed by atoms with Gasteiger partial charge in [-0.05, 0) is 18.2 Å². The van der Waals surface area contributed by atoms with E-state index in [-0.39, 0.29) is 5.82 Å². The molecule has 15 heavy (non-hydrogen) atoms. The van der Waals surface area contributed by atoms with Crippen molar-refractivity contribution in [2.75, 3.05) is 0 Å². The number of nitrogens with zero attached hydrogens (tertiary/aromatic N) is 2. The van der Waals surface area contributed by atoms with E-state index in [9.17, 15) is 4.39 Å². The van der Waals surface area contributed by atoms with Crippen molar-refractivity contribution in [3.63, 3.8) is 0 Å². The molecule has 3 rings (SSSR count). The third-order valence-electron chi connectivity index (χ3n) is 2.22.